The standard InChI is InChI=1S/C14H18N2O4/c1-3-9(2)15-13(18)7-16-11-6-10(17)4-5-12(11)20-8-14(16)19/h4-6,9,17H,3,7-8H2,1-2H3,(H,15,18). The molecule has 0 spiro atoms. The molecular formula is C14H18N2O4. The third kappa shape index (κ3) is 3.01. The van der Waals surface area contributed by atoms with Crippen LogP contribution in [0.5, 0.6) is 11.5 Å². The summed E-state index contributed by atoms with van der Waals surface area (Å²) >= 11 is 0. The van der Waals surface area contributed by atoms with Gasteiger partial charge in [0.15, 0.2) is 6.61 Å². The van der Waals surface area contributed by atoms with Crippen LogP contribution in [0.1, 0.15) is 20.3 Å². The second-order valence-electron chi connectivity index (χ2n) is 4.80. The van der Waals surface area contributed by atoms with Crippen molar-refractivity contribution < 1.29 is 19.4 Å². The Kier molecular flexibility index (Phi) is 4.12. The van der Waals surface area contributed by atoms with Gasteiger partial charge in [-0.1, -0.05) is 6.92 Å². The number of nitrogens with one attached hydrogen (secondary N) is 1. The average Bonchev–Trinajstić information content (AvgIpc) is 2.42. The fourth-order valence-electron chi connectivity index (χ4n) is 1.93. The number of nitrogens with zero attached hydrogens (tertiary/aromatic N) is 1. The van der Waals surface area contributed by atoms with Gasteiger partial charge in [-0.25, -0.2) is 0 Å². The highest BCUT2D eigenvalue weighted by atomic mass is 16.5. The molecule has 1 unspecified atom stereocenters. The SMILES string of the molecule is CCC(C)NC(=O)CN1C(=O)COc2ccc(O)cc21. The topological polar surface area (TPSA) is 78.9 Å². The number of anilines is 1. The first-order valence-corrected chi connectivity index (χ1v) is 6.56. The highest BCUT2D eigenvalue weighted by Crippen LogP contribution is 2.34. The van der Waals surface area contributed by atoms with Crippen molar-refractivity contribution in [1.29, 1.82) is 0 Å². The molecule has 0 saturated carbocycles. The van der Waals surface area contributed by atoms with E-state index in [1.54, 1.807) is 6.07 Å². The fraction of sp³-hybridized carbons (Fsp3) is 0.429. The molecular weight excluding hydrogens is 260 g/mol. The summed E-state index contributed by atoms with van der Waals surface area (Å²) in [5.41, 5.74) is 0.417. The molecule has 2 amide bonds. The first-order valence-electron chi connectivity index (χ1n) is 6.56. The van der Waals surface area contributed by atoms with Gasteiger partial charge < -0.3 is 15.2 Å². The number of fused-ring (bicyclic) bond motifs is 1. The summed E-state index contributed by atoms with van der Waals surface area (Å²) in [6, 6.07) is 4.54. The number of hydrogen-bond donors (Lipinski definition) is 2. The Morgan fingerprint density at radius 2 is 2.30 bits per heavy atom. The molecule has 20 heavy (non-hydrogen) atoms. The normalized spacial score (nSPS) is 15.3. The van der Waals surface area contributed by atoms with Gasteiger partial charge in [-0.3, -0.25) is 14.5 Å². The quantitative estimate of drug-likeness (QED) is 0.862. The van der Waals surface area contributed by atoms with Crippen molar-refractivity contribution in [2.75, 3.05) is 18.1 Å². The van der Waals surface area contributed by atoms with Gasteiger partial charge in [-0.15, -0.1) is 0 Å². The van der Waals surface area contributed by atoms with Crippen LogP contribution in [0.25, 0.3) is 0 Å². The summed E-state index contributed by atoms with van der Waals surface area (Å²) in [4.78, 5) is 25.1. The Hall–Kier alpha value is -2.24. The summed E-state index contributed by atoms with van der Waals surface area (Å²) in [7, 11) is 0. The molecule has 0 radical (unpaired) electrons. The lowest BCUT2D eigenvalue weighted by Gasteiger charge is -2.29. The monoisotopic (exact) mass is 278 g/mol. The summed E-state index contributed by atoms with van der Waals surface area (Å²) in [5.74, 6) is -0.0283. The van der Waals surface area contributed by atoms with Crippen LogP contribution in [0.4, 0.5) is 5.69 Å². The second-order valence-corrected chi connectivity index (χ2v) is 4.80. The summed E-state index contributed by atoms with van der Waals surface area (Å²) in [6.07, 6.45) is 0.820. The lowest BCUT2D eigenvalue weighted by Crippen LogP contribution is -2.46. The van der Waals surface area contributed by atoms with Crippen LogP contribution < -0.4 is 15.0 Å². The number of hydrogen-bond acceptors (Lipinski definition) is 4. The summed E-state index contributed by atoms with van der Waals surface area (Å²) in [5, 5.41) is 12.3. The number of ether oxygens (including phenoxy) is 1. The van der Waals surface area contributed by atoms with Crippen LogP contribution >= 0.6 is 0 Å². The van der Waals surface area contributed by atoms with Gasteiger partial charge in [0.2, 0.25) is 5.91 Å². The van der Waals surface area contributed by atoms with Crippen molar-refractivity contribution in [2.24, 2.45) is 0 Å². The molecule has 108 valence electrons. The predicted octanol–water partition coefficient (Wildman–Crippen LogP) is 1.03. The third-order valence-corrected chi connectivity index (χ3v) is 3.21. The molecule has 1 aromatic rings. The lowest BCUT2D eigenvalue weighted by atomic mass is 10.2. The molecule has 1 aliphatic rings. The molecule has 1 aromatic carbocycles. The number of carbonyl (C=O) groups is 2. The van der Waals surface area contributed by atoms with Crippen LogP contribution in [0, 0.1) is 0 Å². The van der Waals surface area contributed by atoms with Crippen LogP contribution in [-0.2, 0) is 9.59 Å². The molecule has 1 atom stereocenters. The molecule has 6 nitrogen and oxygen atoms in total. The Morgan fingerprint density at radius 1 is 1.55 bits per heavy atom. The van der Waals surface area contributed by atoms with Crippen LogP contribution in [0.15, 0.2) is 18.2 Å². The molecule has 2 rings (SSSR count). The molecule has 0 bridgehead atoms. The van der Waals surface area contributed by atoms with Crippen molar-refractivity contribution in [3.63, 3.8) is 0 Å². The number of benzene rings is 1. The van der Waals surface area contributed by atoms with E-state index in [4.69, 9.17) is 4.74 Å². The van der Waals surface area contributed by atoms with E-state index in [1.807, 2.05) is 13.8 Å². The maximum absolute atomic E-state index is 11.9. The maximum atomic E-state index is 11.9. The van der Waals surface area contributed by atoms with E-state index >= 15 is 0 Å². The van der Waals surface area contributed by atoms with Crippen molar-refractivity contribution in [2.45, 2.75) is 26.3 Å². The summed E-state index contributed by atoms with van der Waals surface area (Å²) < 4.78 is 5.27. The maximum Gasteiger partial charge on any atom is 0.265 e. The highest BCUT2D eigenvalue weighted by Gasteiger charge is 2.27. The zero-order valence-electron chi connectivity index (χ0n) is 11.5. The molecule has 1 aliphatic heterocycles. The Balaban J connectivity index is 2.17. The van der Waals surface area contributed by atoms with E-state index in [0.717, 1.165) is 6.42 Å². The van der Waals surface area contributed by atoms with Gasteiger partial charge in [0.05, 0.1) is 5.69 Å². The highest BCUT2D eigenvalue weighted by molar-refractivity contribution is 6.02. The van der Waals surface area contributed by atoms with Gasteiger partial charge in [0.1, 0.15) is 18.0 Å². The molecule has 0 fully saturated rings. The van der Waals surface area contributed by atoms with E-state index in [9.17, 15) is 14.7 Å². The van der Waals surface area contributed by atoms with Gasteiger partial charge in [-0.05, 0) is 25.5 Å². The molecule has 0 aliphatic carbocycles. The summed E-state index contributed by atoms with van der Waals surface area (Å²) in [6.45, 7) is 3.69. The van der Waals surface area contributed by atoms with Gasteiger partial charge in [0.25, 0.3) is 5.91 Å². The van der Waals surface area contributed by atoms with Crippen molar-refractivity contribution >= 4 is 17.5 Å². The van der Waals surface area contributed by atoms with Gasteiger partial charge in [-0.2, -0.15) is 0 Å². The minimum atomic E-state index is -0.303. The van der Waals surface area contributed by atoms with Gasteiger partial charge in [0, 0.05) is 12.1 Å². The Bertz CT molecular complexity index is 530. The first-order chi connectivity index (χ1) is 9.51. The van der Waals surface area contributed by atoms with E-state index in [1.165, 1.54) is 17.0 Å². The number of amides is 2. The predicted molar refractivity (Wildman–Crippen MR) is 73.9 cm³/mol. The number of carbonyl (C=O) groups excluding carboxylic acids is 2. The number of aromatic hydroxyl groups is 1. The fourth-order valence-corrected chi connectivity index (χ4v) is 1.93. The van der Waals surface area contributed by atoms with E-state index < -0.39 is 0 Å². The number of rotatable bonds is 4. The zero-order chi connectivity index (χ0) is 14.7. The Labute approximate surface area is 117 Å². The van der Waals surface area contributed by atoms with Crippen molar-refractivity contribution in [3.8, 4) is 11.5 Å². The minimum absolute atomic E-state index is 0.0226. The van der Waals surface area contributed by atoms with Crippen LogP contribution in [0.2, 0.25) is 0 Å². The van der Waals surface area contributed by atoms with E-state index in [-0.39, 0.29) is 36.8 Å². The third-order valence-electron chi connectivity index (χ3n) is 3.21. The first kappa shape index (κ1) is 14.2. The van der Waals surface area contributed by atoms with Crippen LogP contribution in [0.3, 0.4) is 0 Å². The van der Waals surface area contributed by atoms with E-state index in [2.05, 4.69) is 5.32 Å². The van der Waals surface area contributed by atoms with Crippen molar-refractivity contribution in [1.82, 2.24) is 5.32 Å². The molecule has 0 saturated heterocycles. The van der Waals surface area contributed by atoms with Crippen molar-refractivity contribution in [3.05, 3.63) is 18.2 Å². The van der Waals surface area contributed by atoms with E-state index in [0.29, 0.717) is 11.4 Å². The molecule has 6 heteroatoms. The second kappa shape index (κ2) is 5.81. The van der Waals surface area contributed by atoms with Crippen LogP contribution in [-0.4, -0.2) is 36.1 Å². The largest absolute Gasteiger partial charge is 0.508 e. The lowest BCUT2D eigenvalue weighted by molar-refractivity contribution is -0.125. The smallest absolute Gasteiger partial charge is 0.265 e. The zero-order valence-corrected chi connectivity index (χ0v) is 11.5. The average molecular weight is 278 g/mol. The molecule has 2 N–H and O–H groups in total. The Morgan fingerprint density at radius 3 is 3.00 bits per heavy atom. The molecule has 0 aromatic heterocycles. The number of phenolic OH excluding ortho intramolecular Hbond substituents is 1. The number of phenols is 1. The van der Waals surface area contributed by atoms with Gasteiger partial charge >= 0.3 is 0 Å². The minimum Gasteiger partial charge on any atom is -0.508 e. The molecule has 1 heterocycles.